The van der Waals surface area contributed by atoms with Crippen molar-refractivity contribution < 1.29 is 22.9 Å². The van der Waals surface area contributed by atoms with Crippen molar-refractivity contribution in [1.82, 2.24) is 9.29 Å². The number of carbonyl (C=O) groups excluding carboxylic acids is 1. The molecule has 142 valence electrons. The summed E-state index contributed by atoms with van der Waals surface area (Å²) in [5, 5.41) is 13.1. The van der Waals surface area contributed by atoms with Crippen molar-refractivity contribution in [3.8, 4) is 0 Å². The number of thiophene rings is 1. The number of nitro benzene ring substituents is 1. The summed E-state index contributed by atoms with van der Waals surface area (Å²) in [7, 11) is -2.74. The number of esters is 1. The minimum absolute atomic E-state index is 0.0958. The van der Waals surface area contributed by atoms with Crippen molar-refractivity contribution in [2.45, 2.75) is 18.0 Å². The number of non-ortho nitro benzene ring substituents is 1. The minimum Gasteiger partial charge on any atom is -0.468 e. The zero-order valence-electron chi connectivity index (χ0n) is 14.1. The van der Waals surface area contributed by atoms with Crippen LogP contribution in [0.25, 0.3) is 10.9 Å². The largest absolute Gasteiger partial charge is 0.468 e. The van der Waals surface area contributed by atoms with E-state index in [0.717, 1.165) is 4.88 Å². The summed E-state index contributed by atoms with van der Waals surface area (Å²) in [4.78, 5) is 22.8. The van der Waals surface area contributed by atoms with Crippen LogP contribution < -0.4 is 4.72 Å². The third-order valence-corrected chi connectivity index (χ3v) is 6.18. The van der Waals surface area contributed by atoms with E-state index >= 15 is 0 Å². The number of sulfonamides is 1. The summed E-state index contributed by atoms with van der Waals surface area (Å²) in [6, 6.07) is 7.45. The van der Waals surface area contributed by atoms with Crippen molar-refractivity contribution >= 4 is 43.9 Å². The highest BCUT2D eigenvalue weighted by atomic mass is 32.2. The molecule has 0 aliphatic heterocycles. The number of rotatable bonds is 7. The number of nitrogens with one attached hydrogen (secondary N) is 1. The Labute approximate surface area is 158 Å². The number of aromatic nitrogens is 1. The smallest absolute Gasteiger partial charge is 0.325 e. The molecule has 3 rings (SSSR count). The molecule has 0 fully saturated rings. The van der Waals surface area contributed by atoms with E-state index in [-0.39, 0.29) is 29.1 Å². The van der Waals surface area contributed by atoms with Crippen LogP contribution in [-0.4, -0.2) is 31.0 Å². The molecule has 0 aliphatic rings. The molecule has 0 spiro atoms. The van der Waals surface area contributed by atoms with Crippen LogP contribution in [0.15, 0.2) is 46.8 Å². The lowest BCUT2D eigenvalue weighted by molar-refractivity contribution is -0.384. The number of nitro groups is 1. The number of carbonyl (C=O) groups is 1. The van der Waals surface area contributed by atoms with Gasteiger partial charge < -0.3 is 9.30 Å². The molecule has 0 saturated heterocycles. The number of fused-ring (bicyclic) bond motifs is 1. The molecule has 1 aromatic carbocycles. The van der Waals surface area contributed by atoms with Gasteiger partial charge in [0.25, 0.3) is 5.69 Å². The van der Waals surface area contributed by atoms with Crippen molar-refractivity contribution in [3.63, 3.8) is 0 Å². The van der Waals surface area contributed by atoms with Gasteiger partial charge in [-0.15, -0.1) is 11.3 Å². The van der Waals surface area contributed by atoms with E-state index in [4.69, 9.17) is 0 Å². The van der Waals surface area contributed by atoms with Crippen molar-refractivity contribution in [3.05, 3.63) is 56.9 Å². The van der Waals surface area contributed by atoms with Gasteiger partial charge in [-0.2, -0.15) is 0 Å². The van der Waals surface area contributed by atoms with E-state index in [9.17, 15) is 23.3 Å². The van der Waals surface area contributed by atoms with Crippen molar-refractivity contribution in [2.75, 3.05) is 7.11 Å². The van der Waals surface area contributed by atoms with Crippen LogP contribution in [0.5, 0.6) is 0 Å². The summed E-state index contributed by atoms with van der Waals surface area (Å²) in [5.41, 5.74) is 0.135. The molecule has 11 heteroatoms. The second-order valence-electron chi connectivity index (χ2n) is 5.56. The lowest BCUT2D eigenvalue weighted by atomic mass is 10.2. The van der Waals surface area contributed by atoms with E-state index in [2.05, 4.69) is 9.46 Å². The number of hydrogen-bond acceptors (Lipinski definition) is 7. The van der Waals surface area contributed by atoms with Gasteiger partial charge in [0, 0.05) is 35.1 Å². The molecular formula is C16H15N3O6S2. The van der Waals surface area contributed by atoms with Gasteiger partial charge in [0.2, 0.25) is 10.0 Å². The monoisotopic (exact) mass is 409 g/mol. The molecule has 27 heavy (non-hydrogen) atoms. The van der Waals surface area contributed by atoms with Crippen LogP contribution >= 0.6 is 11.3 Å². The molecule has 0 saturated carbocycles. The average molecular weight is 409 g/mol. The maximum absolute atomic E-state index is 12.8. The first kappa shape index (κ1) is 19.0. The van der Waals surface area contributed by atoms with Crippen LogP contribution in [0.3, 0.4) is 0 Å². The summed E-state index contributed by atoms with van der Waals surface area (Å²) >= 11 is 1.40. The zero-order chi connectivity index (χ0) is 19.6. The highest BCUT2D eigenvalue weighted by Crippen LogP contribution is 2.29. The minimum atomic E-state index is -3.97. The lowest BCUT2D eigenvalue weighted by Gasteiger charge is -2.04. The Kier molecular flexibility index (Phi) is 5.26. The average Bonchev–Trinajstić information content (AvgIpc) is 3.28. The first-order valence-corrected chi connectivity index (χ1v) is 10.0. The number of ether oxygens (including phenoxy) is 1. The summed E-state index contributed by atoms with van der Waals surface area (Å²) in [6.07, 6.45) is 1.28. The highest BCUT2D eigenvalue weighted by molar-refractivity contribution is 7.89. The van der Waals surface area contributed by atoms with Crippen LogP contribution in [0, 0.1) is 10.1 Å². The van der Waals surface area contributed by atoms with Gasteiger partial charge in [0.15, 0.2) is 0 Å². The van der Waals surface area contributed by atoms with Crippen LogP contribution in [-0.2, 0) is 32.6 Å². The standard InChI is InChI=1S/C16H15N3O6S2/c1-25-16(20)10-18-9-15(13-7-11(19(21)22)4-5-14(13)18)27(23,24)17-8-12-3-2-6-26-12/h2-7,9,17H,8,10H2,1H3. The van der Waals surface area contributed by atoms with Crippen molar-refractivity contribution in [2.24, 2.45) is 0 Å². The van der Waals surface area contributed by atoms with Gasteiger partial charge in [-0.25, -0.2) is 13.1 Å². The molecule has 9 nitrogen and oxygen atoms in total. The van der Waals surface area contributed by atoms with Gasteiger partial charge >= 0.3 is 5.97 Å². The Morgan fingerprint density at radius 2 is 2.15 bits per heavy atom. The predicted molar refractivity (Wildman–Crippen MR) is 99.0 cm³/mol. The topological polar surface area (TPSA) is 121 Å². The summed E-state index contributed by atoms with van der Waals surface area (Å²) in [5.74, 6) is -0.569. The molecule has 0 aliphatic carbocycles. The van der Waals surface area contributed by atoms with Gasteiger partial charge in [0.05, 0.1) is 17.5 Å². The van der Waals surface area contributed by atoms with Crippen LogP contribution in [0.4, 0.5) is 5.69 Å². The Morgan fingerprint density at radius 3 is 2.78 bits per heavy atom. The van der Waals surface area contributed by atoms with Gasteiger partial charge in [-0.3, -0.25) is 14.9 Å². The molecule has 2 heterocycles. The normalized spacial score (nSPS) is 11.6. The lowest BCUT2D eigenvalue weighted by Crippen LogP contribution is -2.22. The molecule has 0 bridgehead atoms. The maximum atomic E-state index is 12.8. The first-order chi connectivity index (χ1) is 12.8. The second-order valence-corrected chi connectivity index (χ2v) is 8.33. The molecule has 0 radical (unpaired) electrons. The number of methoxy groups -OCH3 is 1. The van der Waals surface area contributed by atoms with Crippen molar-refractivity contribution in [1.29, 1.82) is 0 Å². The molecule has 3 aromatic rings. The summed E-state index contributed by atoms with van der Waals surface area (Å²) < 4.78 is 34.1. The number of hydrogen-bond donors (Lipinski definition) is 1. The first-order valence-electron chi connectivity index (χ1n) is 7.68. The van der Waals surface area contributed by atoms with Gasteiger partial charge in [-0.1, -0.05) is 6.07 Å². The molecule has 1 N–H and O–H groups in total. The van der Waals surface area contributed by atoms with E-state index in [1.165, 1.54) is 47.4 Å². The van der Waals surface area contributed by atoms with E-state index < -0.39 is 20.9 Å². The molecule has 0 unspecified atom stereocenters. The van der Waals surface area contributed by atoms with Crippen LogP contribution in [0.2, 0.25) is 0 Å². The fraction of sp³-hybridized carbons (Fsp3) is 0.188. The third-order valence-electron chi connectivity index (χ3n) is 3.87. The molecular weight excluding hydrogens is 394 g/mol. The molecule has 2 aromatic heterocycles. The van der Waals surface area contributed by atoms with Gasteiger partial charge in [0.1, 0.15) is 11.4 Å². The SMILES string of the molecule is COC(=O)Cn1cc(S(=O)(=O)NCc2cccs2)c2cc([N+](=O)[O-])ccc21. The fourth-order valence-electron chi connectivity index (χ4n) is 2.57. The summed E-state index contributed by atoms with van der Waals surface area (Å²) in [6.45, 7) is -0.121. The number of nitrogens with zero attached hydrogens (tertiary/aromatic N) is 2. The zero-order valence-corrected chi connectivity index (χ0v) is 15.7. The Bertz CT molecular complexity index is 1100. The predicted octanol–water partition coefficient (Wildman–Crippen LogP) is 2.26. The Hall–Kier alpha value is -2.76. The second kappa shape index (κ2) is 7.47. The fourth-order valence-corrected chi connectivity index (χ4v) is 4.53. The van der Waals surface area contributed by atoms with E-state index in [1.54, 1.807) is 12.1 Å². The molecule has 0 atom stereocenters. The Balaban J connectivity index is 2.07. The van der Waals surface area contributed by atoms with E-state index in [0.29, 0.717) is 5.52 Å². The number of benzene rings is 1. The van der Waals surface area contributed by atoms with Gasteiger partial charge in [-0.05, 0) is 17.5 Å². The maximum Gasteiger partial charge on any atom is 0.325 e. The van der Waals surface area contributed by atoms with E-state index in [1.807, 2.05) is 5.38 Å². The third kappa shape index (κ3) is 3.99. The van der Waals surface area contributed by atoms with Crippen LogP contribution in [0.1, 0.15) is 4.88 Å². The quantitative estimate of drug-likeness (QED) is 0.363. The molecule has 0 amide bonds. The Morgan fingerprint density at radius 1 is 1.37 bits per heavy atom. The highest BCUT2D eigenvalue weighted by Gasteiger charge is 2.24.